The first-order valence-electron chi connectivity index (χ1n) is 9.28. The van der Waals surface area contributed by atoms with Gasteiger partial charge >= 0.3 is 0 Å². The second-order valence-corrected chi connectivity index (χ2v) is 6.75. The highest BCUT2D eigenvalue weighted by atomic mass is 16.1. The van der Waals surface area contributed by atoms with Gasteiger partial charge in [-0.1, -0.05) is 60.7 Å². The smallest absolute Gasteiger partial charge is 0.254 e. The Morgan fingerprint density at radius 3 is 2.41 bits per heavy atom. The summed E-state index contributed by atoms with van der Waals surface area (Å²) in [6, 6.07) is 20.5. The lowest BCUT2D eigenvalue weighted by Crippen LogP contribution is -2.28. The molecule has 1 N–H and O–H groups in total. The lowest BCUT2D eigenvalue weighted by molar-refractivity contribution is 0.0952. The maximum atomic E-state index is 12.3. The van der Waals surface area contributed by atoms with E-state index in [0.717, 1.165) is 25.1 Å². The van der Waals surface area contributed by atoms with E-state index in [4.69, 9.17) is 0 Å². The second-order valence-electron chi connectivity index (χ2n) is 6.75. The summed E-state index contributed by atoms with van der Waals surface area (Å²) < 4.78 is 1.79. The van der Waals surface area contributed by atoms with Crippen LogP contribution in [0.4, 0.5) is 0 Å². The van der Waals surface area contributed by atoms with Gasteiger partial charge in [-0.3, -0.25) is 9.48 Å². The van der Waals surface area contributed by atoms with E-state index in [0.29, 0.717) is 18.7 Å². The van der Waals surface area contributed by atoms with Gasteiger partial charge in [-0.25, -0.2) is 0 Å². The van der Waals surface area contributed by atoms with Gasteiger partial charge in [0.25, 0.3) is 5.91 Å². The van der Waals surface area contributed by atoms with Crippen LogP contribution in [0.15, 0.2) is 73.1 Å². The van der Waals surface area contributed by atoms with E-state index >= 15 is 0 Å². The molecular weight excluding hydrogens is 336 g/mol. The summed E-state index contributed by atoms with van der Waals surface area (Å²) in [6.45, 7) is 3.17. The molecule has 0 bridgehead atoms. The van der Waals surface area contributed by atoms with Crippen molar-refractivity contribution in [2.45, 2.75) is 19.5 Å². The van der Waals surface area contributed by atoms with Crippen LogP contribution in [0.25, 0.3) is 0 Å². The Hall–Kier alpha value is -2.92. The normalized spacial score (nSPS) is 10.9. The van der Waals surface area contributed by atoms with E-state index in [1.54, 1.807) is 17.1 Å². The van der Waals surface area contributed by atoms with Crippen molar-refractivity contribution in [1.82, 2.24) is 20.0 Å². The van der Waals surface area contributed by atoms with Gasteiger partial charge in [0.1, 0.15) is 0 Å². The lowest BCUT2D eigenvalue weighted by Gasteiger charge is -2.16. The van der Waals surface area contributed by atoms with Crippen LogP contribution in [-0.4, -0.2) is 40.7 Å². The lowest BCUT2D eigenvalue weighted by atomic mass is 10.2. The molecule has 0 radical (unpaired) electrons. The van der Waals surface area contributed by atoms with E-state index in [1.165, 1.54) is 5.56 Å². The third kappa shape index (κ3) is 6.08. The highest BCUT2D eigenvalue weighted by Gasteiger charge is 2.08. The summed E-state index contributed by atoms with van der Waals surface area (Å²) in [5.41, 5.74) is 3.06. The van der Waals surface area contributed by atoms with Crippen LogP contribution >= 0.6 is 0 Å². The third-order valence-electron chi connectivity index (χ3n) is 4.38. The zero-order valence-electron chi connectivity index (χ0n) is 15.7. The fourth-order valence-electron chi connectivity index (χ4n) is 2.96. The van der Waals surface area contributed by atoms with E-state index in [2.05, 4.69) is 46.6 Å². The summed E-state index contributed by atoms with van der Waals surface area (Å²) in [6.07, 6.45) is 4.33. The van der Waals surface area contributed by atoms with Gasteiger partial charge in [-0.15, -0.1) is 0 Å². The second kappa shape index (κ2) is 9.69. The molecule has 1 amide bonds. The molecule has 0 aliphatic carbocycles. The van der Waals surface area contributed by atoms with E-state index in [1.807, 2.05) is 36.4 Å². The van der Waals surface area contributed by atoms with Crippen LogP contribution in [0.3, 0.4) is 0 Å². The van der Waals surface area contributed by atoms with Gasteiger partial charge < -0.3 is 10.2 Å². The van der Waals surface area contributed by atoms with Crippen LogP contribution in [0, 0.1) is 0 Å². The Morgan fingerprint density at radius 1 is 1.04 bits per heavy atom. The van der Waals surface area contributed by atoms with Crippen molar-refractivity contribution in [3.8, 4) is 0 Å². The van der Waals surface area contributed by atoms with Gasteiger partial charge in [0.2, 0.25) is 0 Å². The molecule has 0 unspecified atom stereocenters. The largest absolute Gasteiger partial charge is 0.352 e. The quantitative estimate of drug-likeness (QED) is 0.595. The molecule has 0 spiro atoms. The number of hydrogen-bond acceptors (Lipinski definition) is 3. The molecule has 0 aliphatic rings. The van der Waals surface area contributed by atoms with E-state index in [-0.39, 0.29) is 5.91 Å². The summed E-state index contributed by atoms with van der Waals surface area (Å²) in [7, 11) is 2.10. The first kappa shape index (κ1) is 18.9. The molecule has 5 nitrogen and oxygen atoms in total. The number of aromatic nitrogens is 2. The topological polar surface area (TPSA) is 50.2 Å². The summed E-state index contributed by atoms with van der Waals surface area (Å²) in [5, 5.41) is 7.26. The minimum atomic E-state index is -0.0694. The molecule has 0 atom stereocenters. The van der Waals surface area contributed by atoms with Crippen molar-refractivity contribution in [2.24, 2.45) is 0 Å². The van der Waals surface area contributed by atoms with Gasteiger partial charge in [0, 0.05) is 19.3 Å². The number of hydrogen-bond donors (Lipinski definition) is 1. The van der Waals surface area contributed by atoms with Gasteiger partial charge in [-0.2, -0.15) is 5.10 Å². The van der Waals surface area contributed by atoms with E-state index < -0.39 is 0 Å². The van der Waals surface area contributed by atoms with Gasteiger partial charge in [0.15, 0.2) is 0 Å². The number of benzene rings is 2. The molecule has 3 rings (SSSR count). The molecular formula is C22H26N4O. The number of nitrogens with one attached hydrogen (secondary N) is 1. The number of carbonyl (C=O) groups excluding carboxylic acids is 1. The number of nitrogens with zero attached hydrogens (tertiary/aromatic N) is 3. The van der Waals surface area contributed by atoms with Gasteiger partial charge in [-0.05, 0) is 31.1 Å². The van der Waals surface area contributed by atoms with Crippen LogP contribution in [0.5, 0.6) is 0 Å². The summed E-state index contributed by atoms with van der Waals surface area (Å²) in [5.74, 6) is -0.0694. The Labute approximate surface area is 160 Å². The van der Waals surface area contributed by atoms with Crippen molar-refractivity contribution >= 4 is 5.91 Å². The predicted molar refractivity (Wildman–Crippen MR) is 107 cm³/mol. The van der Waals surface area contributed by atoms with Crippen LogP contribution in [0.1, 0.15) is 27.9 Å². The Bertz CT molecular complexity index is 830. The Kier molecular flexibility index (Phi) is 6.77. The monoisotopic (exact) mass is 362 g/mol. The van der Waals surface area contributed by atoms with Crippen LogP contribution < -0.4 is 5.32 Å². The Balaban J connectivity index is 1.38. The molecule has 0 saturated heterocycles. The maximum absolute atomic E-state index is 12.3. The van der Waals surface area contributed by atoms with Gasteiger partial charge in [0.05, 0.1) is 18.3 Å². The van der Waals surface area contributed by atoms with Crippen molar-refractivity contribution in [3.63, 3.8) is 0 Å². The predicted octanol–water partition coefficient (Wildman–Crippen LogP) is 3.18. The van der Waals surface area contributed by atoms with Crippen molar-refractivity contribution in [2.75, 3.05) is 20.1 Å². The fourth-order valence-corrected chi connectivity index (χ4v) is 2.96. The molecule has 27 heavy (non-hydrogen) atoms. The SMILES string of the molecule is CN(CCCNC(=O)c1cnn(Cc2ccccc2)c1)Cc1ccccc1. The average Bonchev–Trinajstić information content (AvgIpc) is 3.15. The molecule has 5 heteroatoms. The standard InChI is InChI=1S/C22H26N4O/c1-25(16-19-9-4-2-5-10-19)14-8-13-23-22(27)21-15-24-26(18-21)17-20-11-6-3-7-12-20/h2-7,9-12,15,18H,8,13-14,16-17H2,1H3,(H,23,27). The van der Waals surface area contributed by atoms with Crippen molar-refractivity contribution in [3.05, 3.63) is 89.7 Å². The number of amides is 1. The number of rotatable bonds is 9. The highest BCUT2D eigenvalue weighted by molar-refractivity contribution is 5.93. The first-order chi connectivity index (χ1) is 13.2. The summed E-state index contributed by atoms with van der Waals surface area (Å²) >= 11 is 0. The first-order valence-corrected chi connectivity index (χ1v) is 9.28. The average molecular weight is 362 g/mol. The zero-order chi connectivity index (χ0) is 18.9. The maximum Gasteiger partial charge on any atom is 0.254 e. The highest BCUT2D eigenvalue weighted by Crippen LogP contribution is 2.05. The van der Waals surface area contributed by atoms with Crippen LogP contribution in [-0.2, 0) is 13.1 Å². The zero-order valence-corrected chi connectivity index (χ0v) is 15.7. The molecule has 0 fully saturated rings. The van der Waals surface area contributed by atoms with Crippen LogP contribution in [0.2, 0.25) is 0 Å². The van der Waals surface area contributed by atoms with Crippen molar-refractivity contribution in [1.29, 1.82) is 0 Å². The number of carbonyl (C=O) groups is 1. The third-order valence-corrected chi connectivity index (χ3v) is 4.38. The van der Waals surface area contributed by atoms with E-state index in [9.17, 15) is 4.79 Å². The molecule has 1 heterocycles. The molecule has 1 aromatic heterocycles. The Morgan fingerprint density at radius 2 is 1.70 bits per heavy atom. The summed E-state index contributed by atoms with van der Waals surface area (Å²) in [4.78, 5) is 14.5. The molecule has 2 aromatic carbocycles. The molecule has 0 saturated carbocycles. The molecule has 3 aromatic rings. The fraction of sp³-hybridized carbons (Fsp3) is 0.273. The minimum absolute atomic E-state index is 0.0694. The molecule has 0 aliphatic heterocycles. The minimum Gasteiger partial charge on any atom is -0.352 e. The van der Waals surface area contributed by atoms with Crippen molar-refractivity contribution < 1.29 is 4.79 Å². The molecule has 140 valence electrons.